The number of nitrogens with zero attached hydrogens (tertiary/aromatic N) is 2. The van der Waals surface area contributed by atoms with E-state index in [-0.39, 0.29) is 0 Å². The Morgan fingerprint density at radius 3 is 2.90 bits per heavy atom. The molecule has 1 aromatic heterocycles. The number of piperidine rings is 1. The van der Waals surface area contributed by atoms with Crippen LogP contribution in [-0.2, 0) is 0 Å². The third kappa shape index (κ3) is 1.69. The van der Waals surface area contributed by atoms with E-state index < -0.39 is 0 Å². The van der Waals surface area contributed by atoms with Gasteiger partial charge in [-0.15, -0.1) is 0 Å². The van der Waals surface area contributed by atoms with Crippen molar-refractivity contribution in [2.75, 3.05) is 25.1 Å². The van der Waals surface area contributed by atoms with Gasteiger partial charge in [0.05, 0.1) is 18.5 Å². The Morgan fingerprint density at radius 2 is 2.15 bits per heavy atom. The number of nitrogens with one attached hydrogen (secondary N) is 1. The van der Waals surface area contributed by atoms with Crippen LogP contribution in [0.15, 0.2) is 22.7 Å². The molecule has 4 nitrogen and oxygen atoms in total. The van der Waals surface area contributed by atoms with E-state index in [1.54, 1.807) is 7.11 Å². The highest BCUT2D eigenvalue weighted by Gasteiger charge is 2.35. The summed E-state index contributed by atoms with van der Waals surface area (Å²) in [5.74, 6) is 1.51. The molecule has 1 N–H and O–H groups in total. The zero-order chi connectivity index (χ0) is 13.7. The summed E-state index contributed by atoms with van der Waals surface area (Å²) >= 11 is 3.54. The fourth-order valence-corrected chi connectivity index (χ4v) is 3.76. The lowest BCUT2D eigenvalue weighted by Gasteiger charge is -2.40. The van der Waals surface area contributed by atoms with E-state index >= 15 is 0 Å². The molecule has 1 aromatic carbocycles. The molecule has 0 unspecified atom stereocenters. The van der Waals surface area contributed by atoms with E-state index in [1.165, 1.54) is 24.2 Å². The number of ether oxygens (including phenoxy) is 1. The van der Waals surface area contributed by atoms with Crippen molar-refractivity contribution in [1.82, 2.24) is 10.2 Å². The SMILES string of the molecule is COc1ccc(Br)cc1-c1n[nH]c2c1N1CCC2CC1. The third-order valence-corrected chi connectivity index (χ3v) is 4.90. The highest BCUT2D eigenvalue weighted by molar-refractivity contribution is 9.10. The van der Waals surface area contributed by atoms with Crippen LogP contribution in [0.25, 0.3) is 11.3 Å². The molecule has 20 heavy (non-hydrogen) atoms. The van der Waals surface area contributed by atoms with Crippen molar-refractivity contribution in [2.24, 2.45) is 0 Å². The maximum Gasteiger partial charge on any atom is 0.128 e. The van der Waals surface area contributed by atoms with Gasteiger partial charge in [0.15, 0.2) is 0 Å². The number of anilines is 1. The van der Waals surface area contributed by atoms with Gasteiger partial charge < -0.3 is 9.64 Å². The number of aromatic amines is 1. The molecule has 5 rings (SSSR count). The molecule has 0 atom stereocenters. The molecule has 104 valence electrons. The summed E-state index contributed by atoms with van der Waals surface area (Å²) in [5, 5.41) is 7.86. The second kappa shape index (κ2) is 4.52. The minimum Gasteiger partial charge on any atom is -0.496 e. The Balaban J connectivity index is 1.91. The Kier molecular flexibility index (Phi) is 2.77. The van der Waals surface area contributed by atoms with Crippen molar-refractivity contribution in [3.8, 4) is 17.0 Å². The summed E-state index contributed by atoms with van der Waals surface area (Å²) in [7, 11) is 1.71. The fourth-order valence-electron chi connectivity index (χ4n) is 3.40. The van der Waals surface area contributed by atoms with Gasteiger partial charge >= 0.3 is 0 Å². The van der Waals surface area contributed by atoms with E-state index in [0.717, 1.165) is 34.6 Å². The highest BCUT2D eigenvalue weighted by Crippen LogP contribution is 2.47. The topological polar surface area (TPSA) is 41.1 Å². The Morgan fingerprint density at radius 1 is 1.35 bits per heavy atom. The normalized spacial score (nSPS) is 17.4. The van der Waals surface area contributed by atoms with Gasteiger partial charge in [0.2, 0.25) is 0 Å². The largest absolute Gasteiger partial charge is 0.496 e. The van der Waals surface area contributed by atoms with Crippen LogP contribution in [0.2, 0.25) is 0 Å². The molecule has 0 saturated carbocycles. The molecule has 1 saturated heterocycles. The van der Waals surface area contributed by atoms with Crippen LogP contribution in [0.1, 0.15) is 24.5 Å². The van der Waals surface area contributed by atoms with Crippen molar-refractivity contribution < 1.29 is 4.74 Å². The third-order valence-electron chi connectivity index (χ3n) is 4.40. The van der Waals surface area contributed by atoms with Crippen LogP contribution in [0.3, 0.4) is 0 Å². The van der Waals surface area contributed by atoms with Gasteiger partial charge in [-0.3, -0.25) is 5.10 Å². The molecular formula is C15H16BrN3O. The maximum atomic E-state index is 5.50. The van der Waals surface area contributed by atoms with Crippen LogP contribution in [0.5, 0.6) is 5.75 Å². The maximum absolute atomic E-state index is 5.50. The zero-order valence-electron chi connectivity index (χ0n) is 11.3. The number of methoxy groups -OCH3 is 1. The molecule has 0 aliphatic carbocycles. The number of H-pyrrole nitrogens is 1. The average molecular weight is 334 g/mol. The van der Waals surface area contributed by atoms with E-state index in [0.29, 0.717) is 5.92 Å². The number of benzene rings is 1. The van der Waals surface area contributed by atoms with E-state index in [9.17, 15) is 0 Å². The second-order valence-electron chi connectivity index (χ2n) is 5.44. The standard InChI is InChI=1S/C15H16BrN3O/c1-20-12-3-2-10(16)8-11(12)14-15-13(17-18-14)9-4-6-19(15)7-5-9/h2-3,8-9H,4-7H2,1H3,(H,17,18). The minimum absolute atomic E-state index is 0.648. The Hall–Kier alpha value is -1.49. The van der Waals surface area contributed by atoms with Crippen molar-refractivity contribution in [1.29, 1.82) is 0 Å². The van der Waals surface area contributed by atoms with Crippen molar-refractivity contribution in [3.05, 3.63) is 28.4 Å². The fraction of sp³-hybridized carbons (Fsp3) is 0.400. The number of hydrogen-bond acceptors (Lipinski definition) is 3. The molecule has 0 radical (unpaired) electrons. The average Bonchev–Trinajstić information content (AvgIpc) is 2.95. The van der Waals surface area contributed by atoms with Crippen molar-refractivity contribution in [3.63, 3.8) is 0 Å². The van der Waals surface area contributed by atoms with Crippen LogP contribution in [0.4, 0.5) is 5.69 Å². The molecule has 5 heteroatoms. The smallest absolute Gasteiger partial charge is 0.128 e. The number of hydrogen-bond donors (Lipinski definition) is 1. The molecule has 3 aliphatic rings. The molecule has 2 aromatic rings. The monoisotopic (exact) mass is 333 g/mol. The summed E-state index contributed by atoms with van der Waals surface area (Å²) in [6.07, 6.45) is 2.48. The van der Waals surface area contributed by atoms with Crippen LogP contribution in [-0.4, -0.2) is 30.4 Å². The van der Waals surface area contributed by atoms with E-state index in [1.807, 2.05) is 12.1 Å². The van der Waals surface area contributed by atoms with Gasteiger partial charge in [-0.05, 0) is 31.0 Å². The summed E-state index contributed by atoms with van der Waals surface area (Å²) in [4.78, 5) is 2.45. The van der Waals surface area contributed by atoms with Gasteiger partial charge in [-0.25, -0.2) is 0 Å². The lowest BCUT2D eigenvalue weighted by atomic mass is 9.86. The number of fused-ring (bicyclic) bond motifs is 2. The van der Waals surface area contributed by atoms with E-state index in [4.69, 9.17) is 4.74 Å². The molecule has 3 aliphatic heterocycles. The van der Waals surface area contributed by atoms with Gasteiger partial charge in [0, 0.05) is 29.0 Å². The number of aromatic nitrogens is 2. The first-order valence-corrected chi connectivity index (χ1v) is 7.74. The summed E-state index contributed by atoms with van der Waals surface area (Å²) in [6.45, 7) is 2.28. The molecular weight excluding hydrogens is 318 g/mol. The zero-order valence-corrected chi connectivity index (χ0v) is 12.9. The highest BCUT2D eigenvalue weighted by atomic mass is 79.9. The summed E-state index contributed by atoms with van der Waals surface area (Å²) in [6, 6.07) is 6.06. The van der Waals surface area contributed by atoms with Crippen LogP contribution in [0, 0.1) is 0 Å². The van der Waals surface area contributed by atoms with Gasteiger partial charge in [0.25, 0.3) is 0 Å². The first-order valence-electron chi connectivity index (χ1n) is 6.95. The lowest BCUT2D eigenvalue weighted by Crippen LogP contribution is -2.38. The first kappa shape index (κ1) is 12.3. The number of halogens is 1. The van der Waals surface area contributed by atoms with Gasteiger partial charge in [-0.2, -0.15) is 5.10 Å². The quantitative estimate of drug-likeness (QED) is 0.913. The molecule has 1 fully saturated rings. The lowest BCUT2D eigenvalue weighted by molar-refractivity contribution is 0.416. The first-order chi connectivity index (χ1) is 9.78. The number of rotatable bonds is 2. The summed E-state index contributed by atoms with van der Waals surface area (Å²) in [5.41, 5.74) is 4.65. The van der Waals surface area contributed by atoms with Gasteiger partial charge in [0.1, 0.15) is 11.4 Å². The molecule has 0 amide bonds. The predicted molar refractivity (Wildman–Crippen MR) is 82.5 cm³/mol. The minimum atomic E-state index is 0.648. The van der Waals surface area contributed by atoms with Crippen LogP contribution < -0.4 is 9.64 Å². The van der Waals surface area contributed by atoms with Crippen molar-refractivity contribution in [2.45, 2.75) is 18.8 Å². The molecule has 2 bridgehead atoms. The van der Waals surface area contributed by atoms with E-state index in [2.05, 4.69) is 37.1 Å². The second-order valence-corrected chi connectivity index (χ2v) is 6.36. The van der Waals surface area contributed by atoms with Gasteiger partial charge in [-0.1, -0.05) is 15.9 Å². The molecule has 4 heterocycles. The molecule has 0 spiro atoms. The summed E-state index contributed by atoms with van der Waals surface area (Å²) < 4.78 is 6.54. The van der Waals surface area contributed by atoms with Crippen molar-refractivity contribution >= 4 is 21.6 Å². The van der Waals surface area contributed by atoms with Crippen LogP contribution >= 0.6 is 15.9 Å². The Bertz CT molecular complexity index is 659. The Labute approximate surface area is 126 Å². The predicted octanol–water partition coefficient (Wildman–Crippen LogP) is 3.55.